The molecule has 0 bridgehead atoms. The molecule has 1 saturated heterocycles. The van der Waals surface area contributed by atoms with Crippen LogP contribution in [0.3, 0.4) is 0 Å². The van der Waals surface area contributed by atoms with Gasteiger partial charge < -0.3 is 5.32 Å². The van der Waals surface area contributed by atoms with Crippen molar-refractivity contribution in [3.63, 3.8) is 0 Å². The van der Waals surface area contributed by atoms with Gasteiger partial charge >= 0.3 is 0 Å². The Morgan fingerprint density at radius 3 is 2.45 bits per heavy atom. The van der Waals surface area contributed by atoms with Gasteiger partial charge in [-0.3, -0.25) is 4.90 Å². The molecule has 112 valence electrons. The molecule has 1 atom stereocenters. The Bertz CT molecular complexity index is 456. The lowest BCUT2D eigenvalue weighted by Crippen LogP contribution is -2.54. The summed E-state index contributed by atoms with van der Waals surface area (Å²) in [5.74, 6) is -0.234. The fraction of sp³-hybridized carbons (Fsp3) is 0.625. The van der Waals surface area contributed by atoms with Crippen LogP contribution in [-0.4, -0.2) is 30.6 Å². The van der Waals surface area contributed by atoms with Crippen LogP contribution in [0, 0.1) is 5.82 Å². The van der Waals surface area contributed by atoms with E-state index in [4.69, 9.17) is 11.6 Å². The molecule has 0 aliphatic carbocycles. The highest BCUT2D eigenvalue weighted by atomic mass is 35.5. The van der Waals surface area contributed by atoms with Crippen LogP contribution < -0.4 is 5.32 Å². The van der Waals surface area contributed by atoms with Gasteiger partial charge in [-0.25, -0.2) is 4.39 Å². The van der Waals surface area contributed by atoms with E-state index in [-0.39, 0.29) is 17.4 Å². The third kappa shape index (κ3) is 3.16. The van der Waals surface area contributed by atoms with Crippen LogP contribution in [0.2, 0.25) is 5.02 Å². The number of hydrogen-bond acceptors (Lipinski definition) is 2. The first-order chi connectivity index (χ1) is 9.46. The van der Waals surface area contributed by atoms with Gasteiger partial charge in [0.15, 0.2) is 0 Å². The van der Waals surface area contributed by atoms with Gasteiger partial charge in [-0.1, -0.05) is 24.1 Å². The lowest BCUT2D eigenvalue weighted by atomic mass is 9.85. The first-order valence-electron chi connectivity index (χ1n) is 7.34. The van der Waals surface area contributed by atoms with Crippen LogP contribution in [0.1, 0.15) is 44.7 Å². The van der Waals surface area contributed by atoms with E-state index in [2.05, 4.69) is 24.1 Å². The number of benzene rings is 1. The summed E-state index contributed by atoms with van der Waals surface area (Å²) in [6.45, 7) is 6.54. The van der Waals surface area contributed by atoms with Crippen molar-refractivity contribution in [3.8, 4) is 0 Å². The number of halogens is 2. The van der Waals surface area contributed by atoms with Crippen LogP contribution in [-0.2, 0) is 0 Å². The SMILES string of the molecule is CNC(c1ccc(Cl)cc1F)C(C)(C)N1CCCCC1. The molecule has 1 unspecified atom stereocenters. The van der Waals surface area contributed by atoms with Crippen LogP contribution in [0.5, 0.6) is 0 Å². The molecule has 1 aromatic rings. The maximum Gasteiger partial charge on any atom is 0.129 e. The molecule has 2 nitrogen and oxygen atoms in total. The van der Waals surface area contributed by atoms with E-state index in [1.807, 2.05) is 7.05 Å². The Balaban J connectivity index is 2.29. The minimum absolute atomic E-state index is 0.0575. The van der Waals surface area contributed by atoms with E-state index in [1.54, 1.807) is 12.1 Å². The second kappa shape index (κ2) is 6.42. The molecule has 1 fully saturated rings. The molecule has 0 saturated carbocycles. The number of rotatable bonds is 4. The number of likely N-dealkylation sites (N-methyl/N-ethyl adjacent to an activating group) is 1. The average molecular weight is 299 g/mol. The highest BCUT2D eigenvalue weighted by Crippen LogP contribution is 2.34. The van der Waals surface area contributed by atoms with Gasteiger partial charge in [0.1, 0.15) is 5.82 Å². The zero-order chi connectivity index (χ0) is 14.8. The summed E-state index contributed by atoms with van der Waals surface area (Å²) in [5, 5.41) is 3.73. The van der Waals surface area contributed by atoms with Crippen molar-refractivity contribution in [1.29, 1.82) is 0 Å². The summed E-state index contributed by atoms with van der Waals surface area (Å²) in [5.41, 5.74) is 0.552. The van der Waals surface area contributed by atoms with Gasteiger partial charge in [0.2, 0.25) is 0 Å². The molecule has 0 radical (unpaired) electrons. The summed E-state index contributed by atoms with van der Waals surface area (Å²) < 4.78 is 14.2. The van der Waals surface area contributed by atoms with E-state index in [1.165, 1.54) is 25.3 Å². The highest BCUT2D eigenvalue weighted by Gasteiger charge is 2.37. The van der Waals surface area contributed by atoms with Crippen molar-refractivity contribution >= 4 is 11.6 Å². The summed E-state index contributed by atoms with van der Waals surface area (Å²) >= 11 is 5.86. The number of nitrogens with zero attached hydrogens (tertiary/aromatic N) is 1. The molecule has 0 amide bonds. The fourth-order valence-corrected chi connectivity index (χ4v) is 3.44. The van der Waals surface area contributed by atoms with Gasteiger partial charge in [0.05, 0.1) is 6.04 Å². The maximum absolute atomic E-state index is 14.2. The topological polar surface area (TPSA) is 15.3 Å². The van der Waals surface area contributed by atoms with Gasteiger partial charge in [-0.15, -0.1) is 0 Å². The predicted octanol–water partition coefficient (Wildman–Crippen LogP) is 4.00. The molecule has 1 aliphatic heterocycles. The molecular weight excluding hydrogens is 275 g/mol. The zero-order valence-electron chi connectivity index (χ0n) is 12.5. The lowest BCUT2D eigenvalue weighted by Gasteiger charge is -2.46. The summed E-state index contributed by atoms with van der Waals surface area (Å²) in [6.07, 6.45) is 3.75. The first-order valence-corrected chi connectivity index (χ1v) is 7.72. The molecule has 2 rings (SSSR count). The van der Waals surface area contributed by atoms with Crippen molar-refractivity contribution < 1.29 is 4.39 Å². The van der Waals surface area contributed by atoms with E-state index < -0.39 is 0 Å². The third-order valence-electron chi connectivity index (χ3n) is 4.44. The normalized spacial score (nSPS) is 19.1. The number of nitrogens with one attached hydrogen (secondary N) is 1. The van der Waals surface area contributed by atoms with E-state index in [0.29, 0.717) is 10.6 Å². The largest absolute Gasteiger partial charge is 0.311 e. The van der Waals surface area contributed by atoms with Crippen LogP contribution in [0.4, 0.5) is 4.39 Å². The number of likely N-dealkylation sites (tertiary alicyclic amines) is 1. The maximum atomic E-state index is 14.2. The summed E-state index contributed by atoms with van der Waals surface area (Å²) in [6, 6.07) is 4.90. The third-order valence-corrected chi connectivity index (χ3v) is 4.67. The second-order valence-electron chi connectivity index (χ2n) is 6.09. The number of hydrogen-bond donors (Lipinski definition) is 1. The smallest absolute Gasteiger partial charge is 0.129 e. The van der Waals surface area contributed by atoms with Gasteiger partial charge in [-0.05, 0) is 59.0 Å². The average Bonchev–Trinajstić information content (AvgIpc) is 2.43. The van der Waals surface area contributed by atoms with Crippen molar-refractivity contribution in [1.82, 2.24) is 10.2 Å². The minimum Gasteiger partial charge on any atom is -0.311 e. The fourth-order valence-electron chi connectivity index (χ4n) is 3.28. The molecule has 0 aromatic heterocycles. The molecule has 1 aliphatic rings. The molecule has 1 aromatic carbocycles. The van der Waals surface area contributed by atoms with Crippen LogP contribution >= 0.6 is 11.6 Å². The Hall–Kier alpha value is -0.640. The standard InChI is InChI=1S/C16H24ClFN2/c1-16(2,20-9-5-4-6-10-20)15(19-3)13-8-7-12(17)11-14(13)18/h7-8,11,15,19H,4-6,9-10H2,1-3H3. The highest BCUT2D eigenvalue weighted by molar-refractivity contribution is 6.30. The molecule has 1 N–H and O–H groups in total. The van der Waals surface area contributed by atoms with Crippen LogP contribution in [0.15, 0.2) is 18.2 Å². The van der Waals surface area contributed by atoms with E-state index >= 15 is 0 Å². The molecule has 20 heavy (non-hydrogen) atoms. The lowest BCUT2D eigenvalue weighted by molar-refractivity contribution is 0.0621. The Kier molecular flexibility index (Phi) is 5.05. The van der Waals surface area contributed by atoms with Crippen molar-refractivity contribution in [2.24, 2.45) is 0 Å². The molecule has 0 spiro atoms. The Morgan fingerprint density at radius 2 is 1.90 bits per heavy atom. The monoisotopic (exact) mass is 298 g/mol. The predicted molar refractivity (Wildman–Crippen MR) is 82.7 cm³/mol. The molecule has 4 heteroatoms. The van der Waals surface area contributed by atoms with E-state index in [9.17, 15) is 4.39 Å². The molecule has 1 heterocycles. The first kappa shape index (κ1) is 15.7. The quantitative estimate of drug-likeness (QED) is 0.904. The minimum atomic E-state index is -0.234. The van der Waals surface area contributed by atoms with Gasteiger partial charge in [-0.2, -0.15) is 0 Å². The van der Waals surface area contributed by atoms with Gasteiger partial charge in [0, 0.05) is 16.1 Å². The summed E-state index contributed by atoms with van der Waals surface area (Å²) in [4.78, 5) is 2.46. The van der Waals surface area contributed by atoms with Crippen molar-refractivity contribution in [3.05, 3.63) is 34.6 Å². The summed E-state index contributed by atoms with van der Waals surface area (Å²) in [7, 11) is 1.89. The van der Waals surface area contributed by atoms with E-state index in [0.717, 1.165) is 13.1 Å². The van der Waals surface area contributed by atoms with Crippen molar-refractivity contribution in [2.75, 3.05) is 20.1 Å². The Labute approximate surface area is 126 Å². The van der Waals surface area contributed by atoms with Crippen molar-refractivity contribution in [2.45, 2.75) is 44.7 Å². The Morgan fingerprint density at radius 1 is 1.25 bits per heavy atom. The molecular formula is C16H24ClFN2. The van der Waals surface area contributed by atoms with Gasteiger partial charge in [0.25, 0.3) is 0 Å². The number of piperidine rings is 1. The zero-order valence-corrected chi connectivity index (χ0v) is 13.3. The van der Waals surface area contributed by atoms with Crippen LogP contribution in [0.25, 0.3) is 0 Å². The second-order valence-corrected chi connectivity index (χ2v) is 6.53.